The quantitative estimate of drug-likeness (QED) is 0.626. The fourth-order valence-electron chi connectivity index (χ4n) is 1.41. The van der Waals surface area contributed by atoms with E-state index in [0.717, 1.165) is 0 Å². The summed E-state index contributed by atoms with van der Waals surface area (Å²) in [7, 11) is 0. The van der Waals surface area contributed by atoms with Gasteiger partial charge in [-0.1, -0.05) is 0 Å². The number of urea groups is 1. The number of nitrogens with two attached hydrogens (primary N) is 1. The van der Waals surface area contributed by atoms with Crippen LogP contribution in [-0.2, 0) is 0 Å². The van der Waals surface area contributed by atoms with Crippen molar-refractivity contribution in [1.29, 1.82) is 0 Å². The van der Waals surface area contributed by atoms with Crippen molar-refractivity contribution in [2.24, 2.45) is 10.8 Å². The molecule has 0 aliphatic heterocycles. The minimum absolute atomic E-state index is 0.411. The number of nitrogens with one attached hydrogen (secondary N) is 1. The molecule has 2 rings (SSSR count). The number of hydrogen-bond acceptors (Lipinski definition) is 3. The first-order chi connectivity index (χ1) is 8.66. The molecule has 0 saturated carbocycles. The number of nitrogens with zero attached hydrogens (tertiary/aromatic N) is 3. The third kappa shape index (κ3) is 2.70. The summed E-state index contributed by atoms with van der Waals surface area (Å²) in [6, 6.07) is 5.11. The highest BCUT2D eigenvalue weighted by Gasteiger charge is 2.04. The van der Waals surface area contributed by atoms with Gasteiger partial charge < -0.3 is 5.73 Å². The topological polar surface area (TPSA) is 85.3 Å². The van der Waals surface area contributed by atoms with E-state index in [0.29, 0.717) is 11.3 Å². The van der Waals surface area contributed by atoms with Gasteiger partial charge in [-0.25, -0.2) is 19.3 Å². The number of benzene rings is 1. The highest BCUT2D eigenvalue weighted by atomic mass is 19.1. The Hall–Kier alpha value is -2.70. The first kappa shape index (κ1) is 11.8. The Kier molecular flexibility index (Phi) is 3.33. The number of halogens is 1. The molecule has 0 atom stereocenters. The number of primary amides is 1. The summed E-state index contributed by atoms with van der Waals surface area (Å²) in [5.74, 6) is -0.411. The second-order valence-corrected chi connectivity index (χ2v) is 3.39. The van der Waals surface area contributed by atoms with Crippen molar-refractivity contribution in [3.05, 3.63) is 48.0 Å². The van der Waals surface area contributed by atoms with Crippen LogP contribution in [0.2, 0.25) is 0 Å². The van der Waals surface area contributed by atoms with Crippen molar-refractivity contribution in [2.45, 2.75) is 0 Å². The predicted octanol–water partition coefficient (Wildman–Crippen LogP) is 1.01. The number of amides is 2. The zero-order valence-corrected chi connectivity index (χ0v) is 9.25. The molecule has 7 heteroatoms. The van der Waals surface area contributed by atoms with Crippen LogP contribution in [0.25, 0.3) is 5.69 Å². The maximum Gasteiger partial charge on any atom is 0.332 e. The average Bonchev–Trinajstić information content (AvgIpc) is 2.82. The maximum atomic E-state index is 13.2. The Labute approximate surface area is 102 Å². The van der Waals surface area contributed by atoms with E-state index in [9.17, 15) is 9.18 Å². The normalized spacial score (nSPS) is 10.7. The van der Waals surface area contributed by atoms with Gasteiger partial charge in [-0.15, -0.1) is 0 Å². The lowest BCUT2D eigenvalue weighted by Gasteiger charge is -2.05. The number of hydrogen-bond donors (Lipinski definition) is 2. The maximum absolute atomic E-state index is 13.2. The Bertz CT molecular complexity index is 579. The average molecular weight is 247 g/mol. The smallest absolute Gasteiger partial charge is 0.332 e. The lowest BCUT2D eigenvalue weighted by atomic mass is 10.2. The number of aromatic nitrogens is 2. The molecule has 18 heavy (non-hydrogen) atoms. The van der Waals surface area contributed by atoms with Crippen LogP contribution in [0.1, 0.15) is 5.56 Å². The zero-order chi connectivity index (χ0) is 13.0. The molecular formula is C11H10FN5O. The summed E-state index contributed by atoms with van der Waals surface area (Å²) in [6.07, 6.45) is 4.61. The standard InChI is InChI=1S/C11H10FN5O/c12-9-2-3-10(17-5-1-4-15-17)8(6-9)7-14-16-11(13)18/h1-7H,(H3,13,16,18). The van der Waals surface area contributed by atoms with Crippen LogP contribution in [0.3, 0.4) is 0 Å². The first-order valence-corrected chi connectivity index (χ1v) is 5.05. The van der Waals surface area contributed by atoms with E-state index in [4.69, 9.17) is 5.73 Å². The van der Waals surface area contributed by atoms with Crippen molar-refractivity contribution in [3.8, 4) is 5.69 Å². The monoisotopic (exact) mass is 247 g/mol. The molecule has 2 aromatic rings. The molecule has 1 heterocycles. The largest absolute Gasteiger partial charge is 0.350 e. The molecule has 0 saturated heterocycles. The van der Waals surface area contributed by atoms with Gasteiger partial charge in [-0.05, 0) is 24.3 Å². The second-order valence-electron chi connectivity index (χ2n) is 3.39. The van der Waals surface area contributed by atoms with Gasteiger partial charge in [0.2, 0.25) is 0 Å². The molecule has 0 bridgehead atoms. The third-order valence-corrected chi connectivity index (χ3v) is 2.12. The molecule has 0 spiro atoms. The van der Waals surface area contributed by atoms with E-state index in [2.05, 4.69) is 10.2 Å². The van der Waals surface area contributed by atoms with Gasteiger partial charge in [0.1, 0.15) is 5.82 Å². The summed E-state index contributed by atoms with van der Waals surface area (Å²) in [6.45, 7) is 0. The molecular weight excluding hydrogens is 237 g/mol. The van der Waals surface area contributed by atoms with E-state index >= 15 is 0 Å². The van der Waals surface area contributed by atoms with Crippen LogP contribution in [0.15, 0.2) is 41.8 Å². The van der Waals surface area contributed by atoms with Gasteiger partial charge in [0.25, 0.3) is 0 Å². The fourth-order valence-corrected chi connectivity index (χ4v) is 1.41. The van der Waals surface area contributed by atoms with E-state index in [1.165, 1.54) is 18.3 Å². The molecule has 0 aliphatic rings. The molecule has 1 aromatic carbocycles. The van der Waals surface area contributed by atoms with Gasteiger partial charge in [0.15, 0.2) is 0 Å². The van der Waals surface area contributed by atoms with Gasteiger partial charge in [0, 0.05) is 18.0 Å². The molecule has 0 radical (unpaired) electrons. The van der Waals surface area contributed by atoms with Crippen molar-refractivity contribution in [2.75, 3.05) is 0 Å². The lowest BCUT2D eigenvalue weighted by Crippen LogP contribution is -2.24. The zero-order valence-electron chi connectivity index (χ0n) is 9.25. The van der Waals surface area contributed by atoms with Crippen LogP contribution < -0.4 is 11.2 Å². The van der Waals surface area contributed by atoms with Gasteiger partial charge in [-0.3, -0.25) is 0 Å². The Balaban J connectivity index is 2.35. The summed E-state index contributed by atoms with van der Waals surface area (Å²) < 4.78 is 14.7. The van der Waals surface area contributed by atoms with Crippen LogP contribution in [0.4, 0.5) is 9.18 Å². The molecule has 0 aliphatic carbocycles. The molecule has 2 amide bonds. The fraction of sp³-hybridized carbons (Fsp3) is 0. The molecule has 0 unspecified atom stereocenters. The van der Waals surface area contributed by atoms with Gasteiger partial charge in [-0.2, -0.15) is 10.2 Å². The first-order valence-electron chi connectivity index (χ1n) is 5.05. The number of rotatable bonds is 3. The summed E-state index contributed by atoms with van der Waals surface area (Å²) in [4.78, 5) is 10.5. The van der Waals surface area contributed by atoms with Crippen molar-refractivity contribution in [1.82, 2.24) is 15.2 Å². The highest BCUT2D eigenvalue weighted by molar-refractivity contribution is 5.85. The number of carbonyl (C=O) groups is 1. The van der Waals surface area contributed by atoms with Crippen LogP contribution in [0.5, 0.6) is 0 Å². The Morgan fingerprint density at radius 2 is 2.39 bits per heavy atom. The van der Waals surface area contributed by atoms with E-state index in [1.807, 2.05) is 5.43 Å². The van der Waals surface area contributed by atoms with E-state index in [1.54, 1.807) is 29.2 Å². The van der Waals surface area contributed by atoms with Crippen molar-refractivity contribution >= 4 is 12.2 Å². The Morgan fingerprint density at radius 3 is 3.06 bits per heavy atom. The van der Waals surface area contributed by atoms with Gasteiger partial charge in [0.05, 0.1) is 11.9 Å². The lowest BCUT2D eigenvalue weighted by molar-refractivity contribution is 0.249. The minimum Gasteiger partial charge on any atom is -0.350 e. The van der Waals surface area contributed by atoms with Gasteiger partial charge >= 0.3 is 6.03 Å². The molecule has 0 fully saturated rings. The van der Waals surface area contributed by atoms with Crippen molar-refractivity contribution in [3.63, 3.8) is 0 Å². The summed E-state index contributed by atoms with van der Waals surface area (Å²) in [5, 5.41) is 7.64. The third-order valence-electron chi connectivity index (χ3n) is 2.12. The predicted molar refractivity (Wildman–Crippen MR) is 63.8 cm³/mol. The molecule has 1 aromatic heterocycles. The van der Waals surface area contributed by atoms with E-state index < -0.39 is 11.8 Å². The van der Waals surface area contributed by atoms with E-state index in [-0.39, 0.29) is 0 Å². The summed E-state index contributed by atoms with van der Waals surface area (Å²) >= 11 is 0. The number of carbonyl (C=O) groups excluding carboxylic acids is 1. The Morgan fingerprint density at radius 1 is 1.56 bits per heavy atom. The van der Waals surface area contributed by atoms with Crippen molar-refractivity contribution < 1.29 is 9.18 Å². The minimum atomic E-state index is -0.789. The molecule has 3 N–H and O–H groups in total. The number of hydrazone groups is 1. The molecule has 6 nitrogen and oxygen atoms in total. The highest BCUT2D eigenvalue weighted by Crippen LogP contribution is 2.13. The summed E-state index contributed by atoms with van der Waals surface area (Å²) in [5.41, 5.74) is 8.01. The SMILES string of the molecule is NC(=O)NN=Cc1cc(F)ccc1-n1cccn1. The second kappa shape index (κ2) is 5.09. The molecule has 92 valence electrons. The van der Waals surface area contributed by atoms with Crippen LogP contribution >= 0.6 is 0 Å². The van der Waals surface area contributed by atoms with Crippen LogP contribution in [0, 0.1) is 5.82 Å². The van der Waals surface area contributed by atoms with Crippen LogP contribution in [-0.4, -0.2) is 22.0 Å².